The van der Waals surface area contributed by atoms with E-state index in [0.29, 0.717) is 36.8 Å². The van der Waals surface area contributed by atoms with Crippen LogP contribution in [0, 0.1) is 0 Å². The quantitative estimate of drug-likeness (QED) is 0.363. The number of likely N-dealkylation sites (tertiary alicyclic amines) is 1. The summed E-state index contributed by atoms with van der Waals surface area (Å²) in [7, 11) is 0. The number of aliphatic hydroxyl groups excluding tert-OH is 1. The van der Waals surface area contributed by atoms with Gasteiger partial charge in [0.15, 0.2) is 0 Å². The van der Waals surface area contributed by atoms with Crippen molar-refractivity contribution < 1.29 is 24.5 Å². The van der Waals surface area contributed by atoms with E-state index in [-0.39, 0.29) is 21.9 Å². The Kier molecular flexibility index (Phi) is 7.24. The van der Waals surface area contributed by atoms with Crippen molar-refractivity contribution in [1.29, 1.82) is 0 Å². The molecule has 1 amide bonds. The number of phenolic OH excluding ortho intramolecular Hbond substituents is 1. The molecule has 2 fully saturated rings. The number of aliphatic hydroxyl groups is 1. The fourth-order valence-corrected chi connectivity index (χ4v) is 4.53. The van der Waals surface area contributed by atoms with Crippen LogP contribution >= 0.6 is 23.2 Å². The summed E-state index contributed by atoms with van der Waals surface area (Å²) in [6.45, 7) is 4.10. The Morgan fingerprint density at radius 2 is 1.67 bits per heavy atom. The van der Waals surface area contributed by atoms with E-state index in [2.05, 4.69) is 4.90 Å². The Morgan fingerprint density at radius 3 is 2.36 bits per heavy atom. The van der Waals surface area contributed by atoms with Crippen molar-refractivity contribution >= 4 is 40.7 Å². The average molecular weight is 491 g/mol. The van der Waals surface area contributed by atoms with Crippen LogP contribution in [0.4, 0.5) is 0 Å². The first kappa shape index (κ1) is 23.6. The first-order valence-corrected chi connectivity index (χ1v) is 11.5. The third-order valence-electron chi connectivity index (χ3n) is 5.92. The number of amides is 1. The van der Waals surface area contributed by atoms with Crippen LogP contribution in [-0.4, -0.2) is 71.1 Å². The van der Waals surface area contributed by atoms with E-state index in [0.717, 1.165) is 19.6 Å². The topological polar surface area (TPSA) is 90.3 Å². The van der Waals surface area contributed by atoms with Crippen molar-refractivity contribution in [2.24, 2.45) is 0 Å². The van der Waals surface area contributed by atoms with Gasteiger partial charge >= 0.3 is 0 Å². The van der Waals surface area contributed by atoms with E-state index >= 15 is 0 Å². The molecule has 4 rings (SSSR count). The number of Topliss-reactive ketones (excluding diaryl/α,β-unsaturated/α-hetero) is 1. The maximum Gasteiger partial charge on any atom is 0.295 e. The number of hydrogen-bond acceptors (Lipinski definition) is 6. The van der Waals surface area contributed by atoms with E-state index < -0.39 is 23.5 Å². The molecule has 2 aromatic rings. The summed E-state index contributed by atoms with van der Waals surface area (Å²) in [5.74, 6) is -2.22. The number of halogens is 2. The number of phenols is 1. The number of ketones is 1. The molecule has 0 radical (unpaired) electrons. The minimum atomic E-state index is -0.815. The number of nitrogens with zero attached hydrogens (tertiary/aromatic N) is 2. The largest absolute Gasteiger partial charge is 0.507 e. The first-order valence-electron chi connectivity index (χ1n) is 10.7. The molecule has 0 bridgehead atoms. The lowest BCUT2D eigenvalue weighted by Gasteiger charge is -2.29. The summed E-state index contributed by atoms with van der Waals surface area (Å²) < 4.78 is 5.37. The molecule has 2 aliphatic heterocycles. The normalized spacial score (nSPS) is 21.0. The lowest BCUT2D eigenvalue weighted by molar-refractivity contribution is -0.140. The predicted molar refractivity (Wildman–Crippen MR) is 125 cm³/mol. The summed E-state index contributed by atoms with van der Waals surface area (Å²) in [4.78, 5) is 29.8. The van der Waals surface area contributed by atoms with Gasteiger partial charge in [-0.3, -0.25) is 14.5 Å². The van der Waals surface area contributed by atoms with Gasteiger partial charge < -0.3 is 19.8 Å². The van der Waals surface area contributed by atoms with E-state index in [1.54, 1.807) is 24.3 Å². The second-order valence-electron chi connectivity index (χ2n) is 8.01. The molecule has 1 unspecified atom stereocenters. The SMILES string of the molecule is O=C1C(=O)N(CCCN2CCOCC2)C(c2ccc(Cl)cc2)C1=C(O)c1cc(Cl)ccc1O. The lowest BCUT2D eigenvalue weighted by Crippen LogP contribution is -2.38. The number of ether oxygens (including phenoxy) is 1. The first-order chi connectivity index (χ1) is 15.9. The monoisotopic (exact) mass is 490 g/mol. The molecule has 2 heterocycles. The fourth-order valence-electron chi connectivity index (χ4n) is 4.23. The number of hydrogen-bond donors (Lipinski definition) is 2. The Balaban J connectivity index is 1.70. The summed E-state index contributed by atoms with van der Waals surface area (Å²) >= 11 is 12.1. The molecule has 2 aliphatic rings. The highest BCUT2D eigenvalue weighted by Crippen LogP contribution is 2.41. The van der Waals surface area contributed by atoms with Crippen LogP contribution in [0.25, 0.3) is 5.76 Å². The molecule has 2 saturated heterocycles. The minimum absolute atomic E-state index is 0.00668. The zero-order chi connectivity index (χ0) is 23.5. The van der Waals surface area contributed by atoms with E-state index in [9.17, 15) is 19.8 Å². The molecule has 9 heteroatoms. The smallest absolute Gasteiger partial charge is 0.295 e. The third-order valence-corrected chi connectivity index (χ3v) is 6.40. The van der Waals surface area contributed by atoms with E-state index in [4.69, 9.17) is 27.9 Å². The molecule has 1 atom stereocenters. The standard InChI is InChI=1S/C24H24Cl2N2O5/c25-16-4-2-15(3-5-16)21-20(22(30)18-14-17(26)6-7-19(18)29)23(31)24(32)28(21)9-1-8-27-10-12-33-13-11-27/h2-7,14,21,29-30H,1,8-13H2. The molecular formula is C24H24Cl2N2O5. The van der Waals surface area contributed by atoms with Crippen LogP contribution in [0.3, 0.4) is 0 Å². The number of carbonyl (C=O) groups is 2. The average Bonchev–Trinajstić information content (AvgIpc) is 3.06. The molecule has 2 N–H and O–H groups in total. The van der Waals surface area contributed by atoms with Gasteiger partial charge in [0.05, 0.1) is 30.4 Å². The Bertz CT molecular complexity index is 1080. The van der Waals surface area contributed by atoms with Crippen LogP contribution < -0.4 is 0 Å². The molecule has 7 nitrogen and oxygen atoms in total. The highest BCUT2D eigenvalue weighted by atomic mass is 35.5. The zero-order valence-electron chi connectivity index (χ0n) is 17.8. The molecule has 174 valence electrons. The van der Waals surface area contributed by atoms with Gasteiger partial charge in [0, 0.05) is 36.2 Å². The van der Waals surface area contributed by atoms with Gasteiger partial charge in [-0.1, -0.05) is 35.3 Å². The summed E-state index contributed by atoms with van der Waals surface area (Å²) in [5.41, 5.74) is 0.534. The Morgan fingerprint density at radius 1 is 1.00 bits per heavy atom. The predicted octanol–water partition coefficient (Wildman–Crippen LogP) is 3.84. The second kappa shape index (κ2) is 10.1. The molecule has 2 aromatic carbocycles. The van der Waals surface area contributed by atoms with Crippen LogP contribution in [0.1, 0.15) is 23.6 Å². The molecular weight excluding hydrogens is 467 g/mol. The summed E-state index contributed by atoms with van der Waals surface area (Å²) in [6, 6.07) is 10.1. The highest BCUT2D eigenvalue weighted by molar-refractivity contribution is 6.46. The number of rotatable bonds is 6. The summed E-state index contributed by atoms with van der Waals surface area (Å²) in [5, 5.41) is 22.1. The molecule has 0 spiro atoms. The van der Waals surface area contributed by atoms with Crippen LogP contribution in [-0.2, 0) is 14.3 Å². The van der Waals surface area contributed by atoms with Gasteiger partial charge in [-0.2, -0.15) is 0 Å². The number of aromatic hydroxyl groups is 1. The van der Waals surface area contributed by atoms with Crippen molar-refractivity contribution in [1.82, 2.24) is 9.80 Å². The van der Waals surface area contributed by atoms with Crippen LogP contribution in [0.2, 0.25) is 10.0 Å². The van der Waals surface area contributed by atoms with Gasteiger partial charge in [0.2, 0.25) is 0 Å². The minimum Gasteiger partial charge on any atom is -0.507 e. The second-order valence-corrected chi connectivity index (χ2v) is 8.89. The summed E-state index contributed by atoms with van der Waals surface area (Å²) in [6.07, 6.45) is 0.652. The number of carbonyl (C=O) groups excluding carboxylic acids is 2. The van der Waals surface area contributed by atoms with Crippen molar-refractivity contribution in [2.45, 2.75) is 12.5 Å². The van der Waals surface area contributed by atoms with E-state index in [1.165, 1.54) is 23.1 Å². The maximum absolute atomic E-state index is 13.1. The van der Waals surface area contributed by atoms with Crippen molar-refractivity contribution in [2.75, 3.05) is 39.4 Å². The fraction of sp³-hybridized carbons (Fsp3) is 0.333. The number of morpholine rings is 1. The molecule has 0 saturated carbocycles. The Hall–Kier alpha value is -2.58. The van der Waals surface area contributed by atoms with Crippen LogP contribution in [0.15, 0.2) is 48.0 Å². The number of benzene rings is 2. The highest BCUT2D eigenvalue weighted by Gasteiger charge is 2.46. The van der Waals surface area contributed by atoms with Crippen LogP contribution in [0.5, 0.6) is 5.75 Å². The van der Waals surface area contributed by atoms with Crippen molar-refractivity contribution in [3.63, 3.8) is 0 Å². The Labute approximate surface area is 201 Å². The van der Waals surface area contributed by atoms with Gasteiger partial charge in [-0.25, -0.2) is 0 Å². The van der Waals surface area contributed by atoms with Gasteiger partial charge in [0.1, 0.15) is 11.5 Å². The molecule has 33 heavy (non-hydrogen) atoms. The lowest BCUT2D eigenvalue weighted by atomic mass is 9.95. The maximum atomic E-state index is 13.1. The van der Waals surface area contributed by atoms with E-state index in [1.807, 2.05) is 0 Å². The van der Waals surface area contributed by atoms with Gasteiger partial charge in [0.25, 0.3) is 11.7 Å². The third kappa shape index (κ3) is 5.01. The van der Waals surface area contributed by atoms with Gasteiger partial charge in [-0.05, 0) is 42.3 Å². The zero-order valence-corrected chi connectivity index (χ0v) is 19.3. The van der Waals surface area contributed by atoms with Gasteiger partial charge in [-0.15, -0.1) is 0 Å². The molecule has 0 aliphatic carbocycles. The van der Waals surface area contributed by atoms with Crippen molar-refractivity contribution in [3.8, 4) is 5.75 Å². The molecule has 0 aromatic heterocycles. The van der Waals surface area contributed by atoms with Crippen molar-refractivity contribution in [3.05, 3.63) is 69.2 Å².